The number of halogens is 2. The molecular weight excluding hydrogens is 285 g/mol. The molecular formula is C13H17Cl2N3O. The fourth-order valence-corrected chi connectivity index (χ4v) is 2.63. The second-order valence-corrected chi connectivity index (χ2v) is 5.63. The number of likely N-dealkylation sites (tertiary alicyclic amines) is 1. The number of nitrogens with one attached hydrogen (secondary N) is 1. The number of rotatable bonds is 3. The van der Waals surface area contributed by atoms with Crippen molar-refractivity contribution in [1.29, 1.82) is 0 Å². The first-order valence-electron chi connectivity index (χ1n) is 6.22. The molecule has 1 aliphatic rings. The van der Waals surface area contributed by atoms with Gasteiger partial charge >= 0.3 is 0 Å². The zero-order chi connectivity index (χ0) is 14.0. The maximum absolute atomic E-state index is 12.0. The molecule has 0 spiro atoms. The van der Waals surface area contributed by atoms with Crippen molar-refractivity contribution in [2.75, 3.05) is 25.9 Å². The van der Waals surface area contributed by atoms with Crippen molar-refractivity contribution in [1.82, 2.24) is 10.2 Å². The molecule has 1 atom stereocenters. The van der Waals surface area contributed by atoms with Gasteiger partial charge in [0.15, 0.2) is 0 Å². The van der Waals surface area contributed by atoms with Gasteiger partial charge in [0, 0.05) is 18.2 Å². The molecule has 0 aromatic heterocycles. The summed E-state index contributed by atoms with van der Waals surface area (Å²) in [4.78, 5) is 14.3. The number of nitrogens with two attached hydrogens (primary N) is 1. The predicted molar refractivity (Wildman–Crippen MR) is 78.9 cm³/mol. The number of nitrogen functional groups attached to an aromatic ring is 1. The predicted octanol–water partition coefficient (Wildman–Crippen LogP) is 2.40. The second kappa shape index (κ2) is 5.99. The van der Waals surface area contributed by atoms with Gasteiger partial charge in [0.2, 0.25) is 0 Å². The van der Waals surface area contributed by atoms with Crippen LogP contribution in [0.2, 0.25) is 10.0 Å². The lowest BCUT2D eigenvalue weighted by molar-refractivity contribution is 0.0943. The van der Waals surface area contributed by atoms with Gasteiger partial charge in [-0.05, 0) is 38.6 Å². The largest absolute Gasteiger partial charge is 0.397 e. The zero-order valence-electron chi connectivity index (χ0n) is 10.7. The highest BCUT2D eigenvalue weighted by Gasteiger charge is 2.21. The molecule has 19 heavy (non-hydrogen) atoms. The van der Waals surface area contributed by atoms with Gasteiger partial charge in [0.1, 0.15) is 0 Å². The molecule has 2 rings (SSSR count). The molecule has 0 bridgehead atoms. The molecule has 1 fully saturated rings. The molecule has 0 radical (unpaired) electrons. The van der Waals surface area contributed by atoms with Crippen LogP contribution in [0.1, 0.15) is 23.2 Å². The summed E-state index contributed by atoms with van der Waals surface area (Å²) < 4.78 is 0. The number of amides is 1. The molecule has 1 amide bonds. The summed E-state index contributed by atoms with van der Waals surface area (Å²) in [6.45, 7) is 1.72. The molecule has 0 aliphatic carbocycles. The van der Waals surface area contributed by atoms with Gasteiger partial charge in [-0.2, -0.15) is 0 Å². The van der Waals surface area contributed by atoms with E-state index in [0.29, 0.717) is 28.9 Å². The summed E-state index contributed by atoms with van der Waals surface area (Å²) in [6.07, 6.45) is 2.29. The highest BCUT2D eigenvalue weighted by Crippen LogP contribution is 2.29. The minimum Gasteiger partial charge on any atom is -0.397 e. The quantitative estimate of drug-likeness (QED) is 0.843. The van der Waals surface area contributed by atoms with E-state index in [0.717, 1.165) is 13.0 Å². The van der Waals surface area contributed by atoms with E-state index in [4.69, 9.17) is 28.9 Å². The van der Waals surface area contributed by atoms with Crippen molar-refractivity contribution in [3.63, 3.8) is 0 Å². The van der Waals surface area contributed by atoms with Crippen LogP contribution in [0.25, 0.3) is 0 Å². The number of carbonyl (C=O) groups excluding carboxylic acids is 1. The lowest BCUT2D eigenvalue weighted by atomic mass is 10.1. The highest BCUT2D eigenvalue weighted by atomic mass is 35.5. The SMILES string of the molecule is CN1CCCC1CNC(=O)c1cc(N)c(Cl)c(Cl)c1. The van der Waals surface area contributed by atoms with Crippen molar-refractivity contribution in [2.45, 2.75) is 18.9 Å². The molecule has 104 valence electrons. The third-order valence-corrected chi connectivity index (χ3v) is 4.30. The van der Waals surface area contributed by atoms with Crippen molar-refractivity contribution in [3.05, 3.63) is 27.7 Å². The Morgan fingerprint density at radius 2 is 2.26 bits per heavy atom. The van der Waals surface area contributed by atoms with Gasteiger partial charge in [-0.3, -0.25) is 4.79 Å². The van der Waals surface area contributed by atoms with Crippen LogP contribution in [0.3, 0.4) is 0 Å². The van der Waals surface area contributed by atoms with Crippen molar-refractivity contribution >= 4 is 34.8 Å². The molecule has 0 saturated carbocycles. The van der Waals surface area contributed by atoms with E-state index in [9.17, 15) is 4.79 Å². The van der Waals surface area contributed by atoms with Crippen LogP contribution in [0.15, 0.2) is 12.1 Å². The molecule has 1 aromatic rings. The molecule has 1 heterocycles. The summed E-state index contributed by atoms with van der Waals surface area (Å²) in [7, 11) is 2.07. The molecule has 1 saturated heterocycles. The summed E-state index contributed by atoms with van der Waals surface area (Å²) in [5, 5.41) is 3.49. The molecule has 1 aliphatic heterocycles. The Morgan fingerprint density at radius 1 is 1.53 bits per heavy atom. The highest BCUT2D eigenvalue weighted by molar-refractivity contribution is 6.43. The summed E-state index contributed by atoms with van der Waals surface area (Å²) in [5.41, 5.74) is 6.45. The van der Waals surface area contributed by atoms with Crippen LogP contribution in [0.5, 0.6) is 0 Å². The van der Waals surface area contributed by atoms with Crippen molar-refractivity contribution in [3.8, 4) is 0 Å². The summed E-state index contributed by atoms with van der Waals surface area (Å²) in [6, 6.07) is 3.49. The standard InChI is InChI=1S/C13H17Cl2N3O/c1-18-4-2-3-9(18)7-17-13(19)8-5-10(14)12(15)11(16)6-8/h5-6,9H,2-4,7,16H2,1H3,(H,17,19). The molecule has 3 N–H and O–H groups in total. The van der Waals surface area contributed by atoms with E-state index in [1.54, 1.807) is 6.07 Å². The van der Waals surface area contributed by atoms with E-state index in [1.165, 1.54) is 12.5 Å². The van der Waals surface area contributed by atoms with Gasteiger partial charge in [-0.15, -0.1) is 0 Å². The fourth-order valence-electron chi connectivity index (χ4n) is 2.29. The van der Waals surface area contributed by atoms with Crippen molar-refractivity contribution < 1.29 is 4.79 Å². The van der Waals surface area contributed by atoms with Gasteiger partial charge in [0.25, 0.3) is 5.91 Å². The molecule has 1 unspecified atom stereocenters. The number of benzene rings is 1. The Morgan fingerprint density at radius 3 is 2.84 bits per heavy atom. The average Bonchev–Trinajstić information content (AvgIpc) is 2.78. The van der Waals surface area contributed by atoms with E-state index in [-0.39, 0.29) is 10.9 Å². The van der Waals surface area contributed by atoms with Crippen LogP contribution < -0.4 is 11.1 Å². The lowest BCUT2D eigenvalue weighted by Crippen LogP contribution is -2.38. The Bertz CT molecular complexity index is 470. The number of hydrogen-bond acceptors (Lipinski definition) is 3. The zero-order valence-corrected chi connectivity index (χ0v) is 12.3. The van der Waals surface area contributed by atoms with E-state index >= 15 is 0 Å². The minimum absolute atomic E-state index is 0.175. The first kappa shape index (κ1) is 14.4. The summed E-state index contributed by atoms with van der Waals surface area (Å²) >= 11 is 11.8. The number of likely N-dealkylation sites (N-methyl/N-ethyl adjacent to an activating group) is 1. The van der Waals surface area contributed by atoms with Crippen LogP contribution in [0.4, 0.5) is 5.69 Å². The minimum atomic E-state index is -0.175. The number of anilines is 1. The summed E-state index contributed by atoms with van der Waals surface area (Å²) in [5.74, 6) is -0.175. The fraction of sp³-hybridized carbons (Fsp3) is 0.462. The van der Waals surface area contributed by atoms with Crippen LogP contribution in [-0.4, -0.2) is 37.0 Å². The maximum atomic E-state index is 12.0. The van der Waals surface area contributed by atoms with Crippen molar-refractivity contribution in [2.24, 2.45) is 0 Å². The van der Waals surface area contributed by atoms with Gasteiger partial charge in [-0.1, -0.05) is 23.2 Å². The second-order valence-electron chi connectivity index (χ2n) is 4.85. The Labute approximate surface area is 122 Å². The topological polar surface area (TPSA) is 58.4 Å². The lowest BCUT2D eigenvalue weighted by Gasteiger charge is -2.19. The monoisotopic (exact) mass is 301 g/mol. The first-order valence-corrected chi connectivity index (χ1v) is 6.97. The smallest absolute Gasteiger partial charge is 0.251 e. The van der Waals surface area contributed by atoms with E-state index < -0.39 is 0 Å². The molecule has 4 nitrogen and oxygen atoms in total. The molecule has 1 aromatic carbocycles. The number of nitrogens with zero attached hydrogens (tertiary/aromatic N) is 1. The third-order valence-electron chi connectivity index (χ3n) is 3.49. The normalized spacial score (nSPS) is 19.6. The average molecular weight is 302 g/mol. The Hall–Kier alpha value is -0.970. The Balaban J connectivity index is 2.00. The van der Waals surface area contributed by atoms with Gasteiger partial charge < -0.3 is 16.0 Å². The van der Waals surface area contributed by atoms with Crippen LogP contribution >= 0.6 is 23.2 Å². The maximum Gasteiger partial charge on any atom is 0.251 e. The Kier molecular flexibility index (Phi) is 4.55. The number of carbonyl (C=O) groups is 1. The van der Waals surface area contributed by atoms with Crippen LogP contribution in [0, 0.1) is 0 Å². The first-order chi connectivity index (χ1) is 8.99. The van der Waals surface area contributed by atoms with E-state index in [1.807, 2.05) is 0 Å². The third kappa shape index (κ3) is 3.32. The molecule has 6 heteroatoms. The van der Waals surface area contributed by atoms with Gasteiger partial charge in [-0.25, -0.2) is 0 Å². The van der Waals surface area contributed by atoms with Gasteiger partial charge in [0.05, 0.1) is 15.7 Å². The van der Waals surface area contributed by atoms with Crippen LogP contribution in [-0.2, 0) is 0 Å². The van der Waals surface area contributed by atoms with E-state index in [2.05, 4.69) is 17.3 Å². The number of hydrogen-bond donors (Lipinski definition) is 2.